The SMILES string of the molecule is OCC#Cc1ccc(CN2C[C@H]3CC[C@@H]2CN(Cc2ccncc2)C3)cc1. The maximum atomic E-state index is 8.81. The van der Waals surface area contributed by atoms with E-state index in [4.69, 9.17) is 5.11 Å². The number of aliphatic hydroxyl groups excluding tert-OH is 1. The van der Waals surface area contributed by atoms with Crippen LogP contribution in [0.3, 0.4) is 0 Å². The Bertz CT molecular complexity index is 794. The Morgan fingerprint density at radius 1 is 0.926 bits per heavy atom. The van der Waals surface area contributed by atoms with Crippen LogP contribution in [0.15, 0.2) is 48.8 Å². The van der Waals surface area contributed by atoms with Gasteiger partial charge in [-0.1, -0.05) is 24.0 Å². The van der Waals surface area contributed by atoms with Crippen molar-refractivity contribution in [3.05, 3.63) is 65.5 Å². The largest absolute Gasteiger partial charge is 0.384 e. The summed E-state index contributed by atoms with van der Waals surface area (Å²) in [4.78, 5) is 9.44. The van der Waals surface area contributed by atoms with Gasteiger partial charge in [-0.3, -0.25) is 14.8 Å². The molecule has 1 aromatic carbocycles. The van der Waals surface area contributed by atoms with Crippen LogP contribution in [0.25, 0.3) is 0 Å². The molecule has 3 aliphatic rings. The van der Waals surface area contributed by atoms with Gasteiger partial charge in [-0.2, -0.15) is 0 Å². The lowest BCUT2D eigenvalue weighted by Crippen LogP contribution is -2.43. The van der Waals surface area contributed by atoms with Crippen LogP contribution in [0.4, 0.5) is 0 Å². The lowest BCUT2D eigenvalue weighted by atomic mass is 9.94. The lowest BCUT2D eigenvalue weighted by molar-refractivity contribution is 0.123. The van der Waals surface area contributed by atoms with Crippen LogP contribution in [-0.2, 0) is 13.1 Å². The molecule has 0 saturated carbocycles. The molecule has 140 valence electrons. The first-order chi connectivity index (χ1) is 13.3. The van der Waals surface area contributed by atoms with Crippen LogP contribution in [0.5, 0.6) is 0 Å². The molecule has 1 aromatic heterocycles. The zero-order valence-corrected chi connectivity index (χ0v) is 15.7. The van der Waals surface area contributed by atoms with E-state index in [1.807, 2.05) is 12.4 Å². The zero-order valence-electron chi connectivity index (χ0n) is 15.7. The Kier molecular flexibility index (Phi) is 5.84. The second-order valence-electron chi connectivity index (χ2n) is 7.73. The van der Waals surface area contributed by atoms with Gasteiger partial charge >= 0.3 is 0 Å². The predicted octanol–water partition coefficient (Wildman–Crippen LogP) is 2.52. The number of benzene rings is 1. The van der Waals surface area contributed by atoms with Gasteiger partial charge in [-0.15, -0.1) is 0 Å². The number of aromatic nitrogens is 1. The topological polar surface area (TPSA) is 39.6 Å². The molecule has 2 atom stereocenters. The minimum atomic E-state index is -0.0887. The fraction of sp³-hybridized carbons (Fsp3) is 0.435. The Hall–Kier alpha value is -2.19. The van der Waals surface area contributed by atoms with E-state index < -0.39 is 0 Å². The van der Waals surface area contributed by atoms with Gasteiger partial charge in [0, 0.05) is 56.7 Å². The van der Waals surface area contributed by atoms with Gasteiger partial charge in [0.15, 0.2) is 0 Å². The molecule has 3 aliphatic heterocycles. The van der Waals surface area contributed by atoms with Crippen LogP contribution in [-0.4, -0.2) is 52.2 Å². The van der Waals surface area contributed by atoms with Gasteiger partial charge in [-0.25, -0.2) is 0 Å². The summed E-state index contributed by atoms with van der Waals surface area (Å²) in [6.45, 7) is 5.50. The van der Waals surface area contributed by atoms with E-state index in [1.165, 1.54) is 37.1 Å². The van der Waals surface area contributed by atoms with Crippen LogP contribution >= 0.6 is 0 Å². The lowest BCUT2D eigenvalue weighted by Gasteiger charge is -2.36. The van der Waals surface area contributed by atoms with Crippen LogP contribution < -0.4 is 0 Å². The van der Waals surface area contributed by atoms with E-state index >= 15 is 0 Å². The molecule has 5 rings (SSSR count). The zero-order chi connectivity index (χ0) is 18.5. The van der Waals surface area contributed by atoms with Crippen molar-refractivity contribution >= 4 is 0 Å². The van der Waals surface area contributed by atoms with Crippen molar-refractivity contribution in [2.24, 2.45) is 5.92 Å². The molecule has 1 N–H and O–H groups in total. The molecule has 0 radical (unpaired) electrons. The number of nitrogens with zero attached hydrogens (tertiary/aromatic N) is 3. The molecule has 4 heterocycles. The van der Waals surface area contributed by atoms with Crippen molar-refractivity contribution in [3.8, 4) is 11.8 Å². The van der Waals surface area contributed by atoms with Crippen molar-refractivity contribution in [3.63, 3.8) is 0 Å². The normalized spacial score (nSPS) is 22.9. The molecular formula is C23H27N3O. The van der Waals surface area contributed by atoms with Crippen molar-refractivity contribution < 1.29 is 5.11 Å². The van der Waals surface area contributed by atoms with E-state index in [0.717, 1.165) is 31.1 Å². The molecule has 4 heteroatoms. The number of aliphatic hydroxyl groups is 1. The number of rotatable bonds is 4. The minimum Gasteiger partial charge on any atom is -0.384 e. The monoisotopic (exact) mass is 361 g/mol. The molecule has 4 nitrogen and oxygen atoms in total. The Morgan fingerprint density at radius 2 is 1.70 bits per heavy atom. The summed E-state index contributed by atoms with van der Waals surface area (Å²) in [5.74, 6) is 6.44. The first kappa shape index (κ1) is 18.2. The maximum absolute atomic E-state index is 8.81. The first-order valence-electron chi connectivity index (χ1n) is 9.84. The van der Waals surface area contributed by atoms with Crippen LogP contribution in [0, 0.1) is 17.8 Å². The summed E-state index contributed by atoms with van der Waals surface area (Å²) in [6, 6.07) is 13.4. The highest BCUT2D eigenvalue weighted by molar-refractivity contribution is 5.36. The van der Waals surface area contributed by atoms with Gasteiger partial charge in [0.05, 0.1) is 0 Å². The maximum Gasteiger partial charge on any atom is 0.104 e. The van der Waals surface area contributed by atoms with Crippen LogP contribution in [0.2, 0.25) is 0 Å². The molecular weight excluding hydrogens is 334 g/mol. The second kappa shape index (κ2) is 8.67. The van der Waals surface area contributed by atoms with Gasteiger partial charge in [0.25, 0.3) is 0 Å². The van der Waals surface area contributed by atoms with Gasteiger partial charge in [-0.05, 0) is 54.2 Å². The van der Waals surface area contributed by atoms with E-state index in [-0.39, 0.29) is 6.61 Å². The molecule has 0 amide bonds. The van der Waals surface area contributed by atoms with Crippen molar-refractivity contribution in [1.29, 1.82) is 0 Å². The number of hydrogen-bond acceptors (Lipinski definition) is 4. The summed E-state index contributed by atoms with van der Waals surface area (Å²) in [6.07, 6.45) is 6.44. The Balaban J connectivity index is 1.40. The molecule has 0 unspecified atom stereocenters. The summed E-state index contributed by atoms with van der Waals surface area (Å²) in [7, 11) is 0. The van der Waals surface area contributed by atoms with Crippen LogP contribution in [0.1, 0.15) is 29.5 Å². The number of hydrogen-bond donors (Lipinski definition) is 1. The van der Waals surface area contributed by atoms with Gasteiger partial charge in [0.1, 0.15) is 6.61 Å². The molecule has 0 aliphatic carbocycles. The van der Waals surface area contributed by atoms with E-state index in [0.29, 0.717) is 6.04 Å². The molecule has 2 bridgehead atoms. The van der Waals surface area contributed by atoms with Crippen molar-refractivity contribution in [1.82, 2.24) is 14.8 Å². The molecule has 27 heavy (non-hydrogen) atoms. The highest BCUT2D eigenvalue weighted by Gasteiger charge is 2.34. The predicted molar refractivity (Wildman–Crippen MR) is 107 cm³/mol. The average Bonchev–Trinajstić information content (AvgIpc) is 2.99. The Morgan fingerprint density at radius 3 is 2.48 bits per heavy atom. The summed E-state index contributed by atoms with van der Waals surface area (Å²) in [5, 5.41) is 8.81. The number of pyridine rings is 1. The number of fused-ring (bicyclic) bond motifs is 4. The standard InChI is InChI=1S/C23H27N3O/c27-13-1-2-19-3-5-20(6-4-19)16-26-17-22-7-8-23(26)18-25(15-22)14-21-9-11-24-12-10-21/h3-6,9-12,22-23,27H,7-8,13-18H2/t22-,23+/m0/s1. The smallest absolute Gasteiger partial charge is 0.104 e. The fourth-order valence-corrected chi connectivity index (χ4v) is 4.41. The van der Waals surface area contributed by atoms with E-state index in [1.54, 1.807) is 0 Å². The molecule has 3 saturated heterocycles. The minimum absolute atomic E-state index is 0.0887. The third kappa shape index (κ3) is 4.75. The molecule has 0 spiro atoms. The Labute approximate surface area is 161 Å². The first-order valence-corrected chi connectivity index (χ1v) is 9.84. The van der Waals surface area contributed by atoms with Gasteiger partial charge in [0.2, 0.25) is 0 Å². The van der Waals surface area contributed by atoms with E-state index in [9.17, 15) is 0 Å². The quantitative estimate of drug-likeness (QED) is 0.850. The highest BCUT2D eigenvalue weighted by atomic mass is 16.2. The third-order valence-electron chi connectivity index (χ3n) is 5.71. The third-order valence-corrected chi connectivity index (χ3v) is 5.71. The van der Waals surface area contributed by atoms with Gasteiger partial charge < -0.3 is 5.11 Å². The summed E-state index contributed by atoms with van der Waals surface area (Å²) in [5.41, 5.74) is 3.67. The second-order valence-corrected chi connectivity index (χ2v) is 7.73. The average molecular weight is 361 g/mol. The van der Waals surface area contributed by atoms with Crippen molar-refractivity contribution in [2.45, 2.75) is 32.0 Å². The van der Waals surface area contributed by atoms with E-state index in [2.05, 4.69) is 63.0 Å². The highest BCUT2D eigenvalue weighted by Crippen LogP contribution is 2.30. The van der Waals surface area contributed by atoms with Crippen molar-refractivity contribution in [2.75, 3.05) is 26.2 Å². The fourth-order valence-electron chi connectivity index (χ4n) is 4.41. The molecule has 3 fully saturated rings. The number of piperidine rings is 1. The summed E-state index contributed by atoms with van der Waals surface area (Å²) < 4.78 is 0. The summed E-state index contributed by atoms with van der Waals surface area (Å²) >= 11 is 0. The molecule has 2 aromatic rings.